The molecule has 0 saturated heterocycles. The summed E-state index contributed by atoms with van der Waals surface area (Å²) in [6, 6.07) is 66.3. The molecule has 0 saturated carbocycles. The number of nitrogens with zero attached hydrogens (tertiary/aromatic N) is 4. The van der Waals surface area contributed by atoms with Crippen molar-refractivity contribution in [3.05, 3.63) is 192 Å². The number of fused-ring (bicyclic) bond motifs is 15. The Hall–Kier alpha value is -8.09. The second-order valence-electron chi connectivity index (χ2n) is 28.3. The molecule has 0 spiro atoms. The third kappa shape index (κ3) is 6.59. The number of hydrogen-bond acceptors (Lipinski definition) is 6. The van der Waals surface area contributed by atoms with E-state index in [1.807, 2.05) is 0 Å². The Morgan fingerprint density at radius 2 is 0.687 bits per heavy atom. The average Bonchev–Trinajstić information content (AvgIpc) is 1.73. The summed E-state index contributed by atoms with van der Waals surface area (Å²) in [4.78, 5) is 10.9. The van der Waals surface area contributed by atoms with E-state index in [9.17, 15) is 0 Å². The maximum absolute atomic E-state index is 4.13. The van der Waals surface area contributed by atoms with Gasteiger partial charge in [-0.1, -0.05) is 0 Å². The number of para-hydroxylation sites is 2. The van der Waals surface area contributed by atoms with E-state index in [0.717, 1.165) is 11.4 Å². The van der Waals surface area contributed by atoms with Crippen molar-refractivity contribution in [1.82, 2.24) is 0 Å². The summed E-state index contributed by atoms with van der Waals surface area (Å²) in [7, 11) is 0. The predicted octanol–water partition coefficient (Wildman–Crippen LogP) is 15.9. The molecule has 0 fully saturated rings. The zero-order valence-electron chi connectivity index (χ0n) is 49.5. The van der Waals surface area contributed by atoms with E-state index in [1.165, 1.54) is 155 Å². The molecule has 7 aliphatic rings. The quantitative estimate of drug-likeness (QED) is 0.168. The molecule has 9 heteroatoms. The first-order chi connectivity index (χ1) is 39.8. The Morgan fingerprint density at radius 3 is 1.06 bits per heavy atom. The predicted molar refractivity (Wildman–Crippen MR) is 357 cm³/mol. The minimum atomic E-state index is -0.106. The summed E-state index contributed by atoms with van der Waals surface area (Å²) < 4.78 is 2.81. The normalized spacial score (nSPS) is 15.0. The molecule has 1 aromatic heterocycles. The molecule has 0 bridgehead atoms. The SMILES string of the molecule is CC(C)(C)c1cc2c(c(C(C)(C)C)c1)Nc1cccc3c1N2c1cccc2c1B3c1ccc3c4c1N2c1c(-c2ccccc2)[se]c(-c2ccccc2)c1N4c1cccc2c1B3c1cccc3c1N2c1cc(C(C)(C)C)cc(C(C)(C)C)c1N3. The summed E-state index contributed by atoms with van der Waals surface area (Å²) in [6.07, 6.45) is 0. The first-order valence-electron chi connectivity index (χ1n) is 29.8. The van der Waals surface area contributed by atoms with E-state index >= 15 is 0 Å². The van der Waals surface area contributed by atoms with Crippen LogP contribution in [0.15, 0.2) is 170 Å². The summed E-state index contributed by atoms with van der Waals surface area (Å²) in [6.45, 7) is 28.3. The summed E-state index contributed by atoms with van der Waals surface area (Å²) in [5.74, 6) is 0. The Labute approximate surface area is 495 Å². The first kappa shape index (κ1) is 49.5. The van der Waals surface area contributed by atoms with Gasteiger partial charge in [0.2, 0.25) is 0 Å². The zero-order valence-corrected chi connectivity index (χ0v) is 51.2. The van der Waals surface area contributed by atoms with Gasteiger partial charge in [0, 0.05) is 0 Å². The van der Waals surface area contributed by atoms with Crippen LogP contribution < -0.4 is 63.0 Å². The summed E-state index contributed by atoms with van der Waals surface area (Å²) >= 11 is -0.0789. The van der Waals surface area contributed by atoms with Gasteiger partial charge in [0.05, 0.1) is 0 Å². The van der Waals surface area contributed by atoms with Crippen molar-refractivity contribution in [2.24, 2.45) is 0 Å². The molecular formula is C74H66B2N6Se. The van der Waals surface area contributed by atoms with Gasteiger partial charge < -0.3 is 0 Å². The Balaban J connectivity index is 0.990. The van der Waals surface area contributed by atoms with Crippen molar-refractivity contribution in [3.63, 3.8) is 0 Å². The number of hydrogen-bond donors (Lipinski definition) is 2. The summed E-state index contributed by atoms with van der Waals surface area (Å²) in [5, 5.41) is 8.25. The van der Waals surface area contributed by atoms with Crippen LogP contribution in [0, 0.1) is 0 Å². The molecule has 9 aromatic carbocycles. The van der Waals surface area contributed by atoms with Gasteiger partial charge >= 0.3 is 499 Å². The van der Waals surface area contributed by atoms with Crippen molar-refractivity contribution in [2.75, 3.05) is 30.2 Å². The van der Waals surface area contributed by atoms with Gasteiger partial charge in [0.15, 0.2) is 0 Å². The third-order valence-electron chi connectivity index (χ3n) is 19.1. The molecule has 10 aromatic rings. The van der Waals surface area contributed by atoms with Crippen LogP contribution in [0.5, 0.6) is 0 Å². The number of anilines is 16. The molecule has 17 rings (SSSR count). The molecular weight excluding hydrogens is 1070 g/mol. The van der Waals surface area contributed by atoms with E-state index in [2.05, 4.69) is 283 Å². The van der Waals surface area contributed by atoms with E-state index in [-0.39, 0.29) is 49.6 Å². The van der Waals surface area contributed by atoms with Crippen LogP contribution in [0.4, 0.5) is 91.0 Å². The van der Waals surface area contributed by atoms with Crippen molar-refractivity contribution in [1.29, 1.82) is 0 Å². The zero-order chi connectivity index (χ0) is 56.7. The topological polar surface area (TPSA) is 37.0 Å². The molecule has 8 heterocycles. The van der Waals surface area contributed by atoms with E-state index in [4.69, 9.17) is 0 Å². The van der Waals surface area contributed by atoms with Crippen molar-refractivity contribution in [2.45, 2.75) is 105 Å². The Kier molecular flexibility index (Phi) is 9.77. The second-order valence-corrected chi connectivity index (χ2v) is 30.5. The van der Waals surface area contributed by atoms with Crippen LogP contribution in [0.25, 0.3) is 20.0 Å². The van der Waals surface area contributed by atoms with Crippen LogP contribution >= 0.6 is 0 Å². The first-order valence-corrected chi connectivity index (χ1v) is 31.6. The van der Waals surface area contributed by atoms with Gasteiger partial charge in [-0.05, 0) is 0 Å². The summed E-state index contributed by atoms with van der Waals surface area (Å²) in [5.41, 5.74) is 35.5. The molecule has 0 aliphatic carbocycles. The van der Waals surface area contributed by atoms with Gasteiger partial charge in [0.1, 0.15) is 0 Å². The van der Waals surface area contributed by atoms with Crippen molar-refractivity contribution >= 4 is 152 Å². The molecule has 0 amide bonds. The molecule has 7 aliphatic heterocycles. The Bertz CT molecular complexity index is 4250. The average molecular weight is 1140 g/mol. The molecule has 6 nitrogen and oxygen atoms in total. The number of nitrogens with one attached hydrogen (secondary N) is 2. The fraction of sp³-hybridized carbons (Fsp3) is 0.216. The van der Waals surface area contributed by atoms with Crippen LogP contribution in [-0.2, 0) is 21.7 Å². The van der Waals surface area contributed by atoms with Crippen LogP contribution in [0.1, 0.15) is 105 Å². The second kappa shape index (κ2) is 16.4. The minimum absolute atomic E-state index is 0.0392. The fourth-order valence-corrected chi connectivity index (χ4v) is 18.0. The molecule has 0 unspecified atom stereocenters. The van der Waals surface area contributed by atoms with Crippen LogP contribution in [0.3, 0.4) is 0 Å². The van der Waals surface area contributed by atoms with Gasteiger partial charge in [-0.15, -0.1) is 0 Å². The molecule has 0 radical (unpaired) electrons. The van der Waals surface area contributed by atoms with E-state index in [0.29, 0.717) is 0 Å². The Morgan fingerprint density at radius 1 is 0.325 bits per heavy atom. The van der Waals surface area contributed by atoms with Crippen molar-refractivity contribution < 1.29 is 0 Å². The van der Waals surface area contributed by atoms with Gasteiger partial charge in [-0.3, -0.25) is 0 Å². The van der Waals surface area contributed by atoms with Crippen molar-refractivity contribution in [3.8, 4) is 20.0 Å². The third-order valence-corrected chi connectivity index (χ3v) is 21.8. The van der Waals surface area contributed by atoms with Gasteiger partial charge in [-0.2, -0.15) is 0 Å². The molecule has 83 heavy (non-hydrogen) atoms. The number of benzene rings is 9. The van der Waals surface area contributed by atoms with Gasteiger partial charge in [0.25, 0.3) is 0 Å². The standard InChI is InChI=1S/C74H66B2N6Se/c1-71(2,3)43-37-45(73(7,8)9)61-57(39-43)79-53-31-21-33-55-59(53)75(47-27-19-29-51(77-61)63(47)79)49-35-36-50-66-65(49)81(55)67-68(70(42-25-17-14-18-26-42)83-69(67)41-23-15-13-16-24-41)82(66)56-34-22-32-54-60(56)76(50)48-28-20-30-52-64(48)80(54)58-40-44(72(4,5)6)38-46(62(58)78-52)74(10,11)12/h13-40,77-78H,1-12H3. The van der Waals surface area contributed by atoms with Crippen LogP contribution in [-0.4, -0.2) is 27.9 Å². The van der Waals surface area contributed by atoms with Crippen LogP contribution in [0.2, 0.25) is 0 Å². The molecule has 0 atom stereocenters. The molecule has 404 valence electrons. The monoisotopic (exact) mass is 1140 g/mol. The van der Waals surface area contributed by atoms with E-state index < -0.39 is 0 Å². The number of rotatable bonds is 2. The van der Waals surface area contributed by atoms with E-state index in [1.54, 1.807) is 0 Å². The molecule has 2 N–H and O–H groups in total. The van der Waals surface area contributed by atoms with Gasteiger partial charge in [-0.25, -0.2) is 0 Å². The maximum atomic E-state index is 4.13. The fourth-order valence-electron chi connectivity index (χ4n) is 15.3.